The highest BCUT2D eigenvalue weighted by Crippen LogP contribution is 2.35. The van der Waals surface area contributed by atoms with Gasteiger partial charge >= 0.3 is 6.18 Å². The average molecular weight is 321 g/mol. The Morgan fingerprint density at radius 2 is 2.00 bits per heavy atom. The Balaban J connectivity index is 0.00000220. The lowest BCUT2D eigenvalue weighted by atomic mass is 10.1. The molecule has 0 bridgehead atoms. The molecule has 0 fully saturated rings. The van der Waals surface area contributed by atoms with Crippen molar-refractivity contribution < 1.29 is 18.0 Å². The number of halogens is 4. The van der Waals surface area contributed by atoms with Gasteiger partial charge in [-0.05, 0) is 18.2 Å². The van der Waals surface area contributed by atoms with E-state index < -0.39 is 23.6 Å². The Morgan fingerprint density at radius 3 is 2.52 bits per heavy atom. The number of aromatic amines is 1. The number of nitrogens with one attached hydrogen (secondary N) is 2. The van der Waals surface area contributed by atoms with Crippen LogP contribution in [0.1, 0.15) is 16.1 Å². The first kappa shape index (κ1) is 16.8. The van der Waals surface area contributed by atoms with Gasteiger partial charge in [0.15, 0.2) is 5.96 Å². The minimum atomic E-state index is -4.51. The van der Waals surface area contributed by atoms with Crippen LogP contribution in [0.25, 0.3) is 10.9 Å². The van der Waals surface area contributed by atoms with Crippen molar-refractivity contribution in [3.63, 3.8) is 0 Å². The summed E-state index contributed by atoms with van der Waals surface area (Å²) in [5.41, 5.74) is 4.47. The number of nitrogens with zero attached hydrogens (tertiary/aromatic N) is 1. The molecule has 0 atom stereocenters. The van der Waals surface area contributed by atoms with Crippen LogP contribution in [0.5, 0.6) is 0 Å². The highest BCUT2D eigenvalue weighted by Gasteiger charge is 2.33. The number of benzene rings is 1. The Bertz CT molecular complexity index is 695. The van der Waals surface area contributed by atoms with Crippen molar-refractivity contribution >= 4 is 35.2 Å². The number of hydrogen-bond donors (Lipinski definition) is 3. The lowest BCUT2D eigenvalue weighted by Gasteiger charge is -2.12. The minimum Gasteiger partial charge on any atom is -0.370 e. The third kappa shape index (κ3) is 3.10. The topological polar surface area (TPSA) is 86.0 Å². The smallest absolute Gasteiger partial charge is 0.370 e. The molecule has 0 aliphatic rings. The fourth-order valence-corrected chi connectivity index (χ4v) is 1.81. The first-order valence-corrected chi connectivity index (χ1v) is 5.53. The molecule has 0 spiro atoms. The van der Waals surface area contributed by atoms with E-state index in [1.54, 1.807) is 0 Å². The van der Waals surface area contributed by atoms with Crippen molar-refractivity contribution in [1.82, 2.24) is 9.88 Å². The van der Waals surface area contributed by atoms with Crippen molar-refractivity contribution in [3.8, 4) is 0 Å². The summed E-state index contributed by atoms with van der Waals surface area (Å²) in [6.45, 7) is 0. The molecule has 0 aliphatic heterocycles. The summed E-state index contributed by atoms with van der Waals surface area (Å²) < 4.78 is 38.6. The van der Waals surface area contributed by atoms with Crippen molar-refractivity contribution in [1.29, 1.82) is 5.41 Å². The number of rotatable bonds is 1. The lowest BCUT2D eigenvalue weighted by Crippen LogP contribution is -2.38. The molecule has 1 aromatic heterocycles. The number of fused-ring (bicyclic) bond motifs is 1. The molecule has 0 aliphatic carbocycles. The van der Waals surface area contributed by atoms with Crippen LogP contribution in [0, 0.1) is 5.41 Å². The number of alkyl halides is 3. The summed E-state index contributed by atoms with van der Waals surface area (Å²) in [5.74, 6) is -1.17. The van der Waals surface area contributed by atoms with Crippen molar-refractivity contribution in [2.24, 2.45) is 5.73 Å². The quantitative estimate of drug-likeness (QED) is 0.557. The van der Waals surface area contributed by atoms with E-state index in [9.17, 15) is 18.0 Å². The van der Waals surface area contributed by atoms with Gasteiger partial charge in [-0.3, -0.25) is 15.1 Å². The molecule has 0 radical (unpaired) electrons. The van der Waals surface area contributed by atoms with E-state index in [4.69, 9.17) is 11.1 Å². The fraction of sp³-hybridized carbons (Fsp3) is 0.167. The maximum absolute atomic E-state index is 12.9. The molecule has 4 N–H and O–H groups in total. The first-order valence-electron chi connectivity index (χ1n) is 5.53. The van der Waals surface area contributed by atoms with Gasteiger partial charge < -0.3 is 10.7 Å². The molecule has 0 saturated carbocycles. The van der Waals surface area contributed by atoms with E-state index in [0.29, 0.717) is 0 Å². The zero-order valence-electron chi connectivity index (χ0n) is 10.8. The van der Waals surface area contributed by atoms with Crippen LogP contribution in [-0.2, 0) is 6.18 Å². The van der Waals surface area contributed by atoms with E-state index in [2.05, 4.69) is 4.98 Å². The third-order valence-electron chi connectivity index (χ3n) is 2.87. The normalized spacial score (nSPS) is 11.0. The van der Waals surface area contributed by atoms with E-state index in [0.717, 1.165) is 17.0 Å². The van der Waals surface area contributed by atoms with Crippen molar-refractivity contribution in [3.05, 3.63) is 35.5 Å². The third-order valence-corrected chi connectivity index (χ3v) is 2.87. The van der Waals surface area contributed by atoms with Crippen molar-refractivity contribution in [2.45, 2.75) is 6.18 Å². The van der Waals surface area contributed by atoms with Crippen LogP contribution in [0.4, 0.5) is 13.2 Å². The standard InChI is InChI=1S/C12H11F3N4O.ClH/c1-19(11(16)17)10(20)9-5-6-7(12(13,14)15)3-2-4-8(6)18-9;/h2-5,18H,1H3,(H3,16,17);1H. The number of hydrogen-bond acceptors (Lipinski definition) is 2. The van der Waals surface area contributed by atoms with Gasteiger partial charge in [0.1, 0.15) is 5.69 Å². The van der Waals surface area contributed by atoms with Crippen molar-refractivity contribution in [2.75, 3.05) is 7.05 Å². The lowest BCUT2D eigenvalue weighted by molar-refractivity contribution is -0.136. The highest BCUT2D eigenvalue weighted by molar-refractivity contribution is 6.05. The number of nitrogens with two attached hydrogens (primary N) is 1. The van der Waals surface area contributed by atoms with Crippen LogP contribution in [0.15, 0.2) is 24.3 Å². The van der Waals surface area contributed by atoms with Crippen LogP contribution in [-0.4, -0.2) is 28.8 Å². The minimum absolute atomic E-state index is 0. The second kappa shape index (κ2) is 5.65. The number of aromatic nitrogens is 1. The molecule has 1 amide bonds. The van der Waals surface area contributed by atoms with Crippen LogP contribution in [0.3, 0.4) is 0 Å². The van der Waals surface area contributed by atoms with E-state index >= 15 is 0 Å². The number of H-pyrrole nitrogens is 1. The van der Waals surface area contributed by atoms with Gasteiger partial charge in [0.2, 0.25) is 0 Å². The van der Waals surface area contributed by atoms with Gasteiger partial charge in [0.25, 0.3) is 5.91 Å². The predicted octanol–water partition coefficient (Wildman–Crippen LogP) is 2.57. The highest BCUT2D eigenvalue weighted by atomic mass is 35.5. The second-order valence-corrected chi connectivity index (χ2v) is 4.20. The van der Waals surface area contributed by atoms with Gasteiger partial charge in [-0.25, -0.2) is 0 Å². The molecule has 9 heteroatoms. The second-order valence-electron chi connectivity index (χ2n) is 4.20. The molecule has 1 heterocycles. The number of amides is 1. The van der Waals surface area contributed by atoms with E-state index in [1.807, 2.05) is 0 Å². The summed E-state index contributed by atoms with van der Waals surface area (Å²) in [4.78, 5) is 15.3. The Labute approximate surface area is 123 Å². The van der Waals surface area contributed by atoms with Gasteiger partial charge in [-0.15, -0.1) is 12.4 Å². The van der Waals surface area contributed by atoms with Gasteiger partial charge in [-0.1, -0.05) is 6.07 Å². The summed E-state index contributed by atoms with van der Waals surface area (Å²) in [5, 5.41) is 7.05. The Hall–Kier alpha value is -2.22. The number of guanidine groups is 1. The molecular weight excluding hydrogens is 309 g/mol. The summed E-state index contributed by atoms with van der Waals surface area (Å²) >= 11 is 0. The van der Waals surface area contributed by atoms with Crippen LogP contribution >= 0.6 is 12.4 Å². The summed E-state index contributed by atoms with van der Waals surface area (Å²) in [6.07, 6.45) is -4.51. The molecule has 2 rings (SSSR count). The van der Waals surface area contributed by atoms with Gasteiger partial charge in [-0.2, -0.15) is 13.2 Å². The SMILES string of the molecule is CN(C(=N)N)C(=O)c1cc2c(C(F)(F)F)cccc2[nH]1.Cl. The molecule has 114 valence electrons. The largest absolute Gasteiger partial charge is 0.417 e. The summed E-state index contributed by atoms with van der Waals surface area (Å²) in [7, 11) is 1.26. The first-order chi connectivity index (χ1) is 9.21. The zero-order valence-corrected chi connectivity index (χ0v) is 11.6. The maximum atomic E-state index is 12.9. The van der Waals surface area contributed by atoms with Crippen LogP contribution in [0.2, 0.25) is 0 Å². The Morgan fingerprint density at radius 1 is 1.38 bits per heavy atom. The number of carbonyl (C=O) groups excluding carboxylic acids is 1. The Kier molecular flexibility index (Phi) is 4.52. The zero-order chi connectivity index (χ0) is 15.1. The van der Waals surface area contributed by atoms with Gasteiger partial charge in [0.05, 0.1) is 5.56 Å². The number of carbonyl (C=O) groups is 1. The molecule has 21 heavy (non-hydrogen) atoms. The van der Waals surface area contributed by atoms with Gasteiger partial charge in [0, 0.05) is 18.0 Å². The molecule has 2 aromatic rings. The van der Waals surface area contributed by atoms with E-state index in [-0.39, 0.29) is 29.0 Å². The average Bonchev–Trinajstić information content (AvgIpc) is 2.78. The summed E-state index contributed by atoms with van der Waals surface area (Å²) in [6, 6.07) is 4.75. The monoisotopic (exact) mass is 320 g/mol. The fourth-order valence-electron chi connectivity index (χ4n) is 1.81. The molecule has 0 unspecified atom stereocenters. The van der Waals surface area contributed by atoms with E-state index in [1.165, 1.54) is 19.2 Å². The molecule has 1 aromatic carbocycles. The maximum Gasteiger partial charge on any atom is 0.417 e. The predicted molar refractivity (Wildman–Crippen MR) is 74.6 cm³/mol. The molecule has 0 saturated heterocycles. The van der Waals surface area contributed by atoms with Crippen LogP contribution < -0.4 is 5.73 Å². The molecule has 5 nitrogen and oxygen atoms in total. The molecular formula is C12H12ClF3N4O.